The van der Waals surface area contributed by atoms with Gasteiger partial charge in [0.25, 0.3) is 0 Å². The Hall–Kier alpha value is -2.24. The molecule has 2 rings (SSSR count). The molecule has 0 aliphatic rings. The topological polar surface area (TPSA) is 68.0 Å². The van der Waals surface area contributed by atoms with E-state index in [-0.39, 0.29) is 18.1 Å². The number of rotatable bonds is 5. The molecule has 100 valence electrons. The first-order chi connectivity index (χ1) is 9.13. The van der Waals surface area contributed by atoms with Crippen molar-refractivity contribution in [2.24, 2.45) is 0 Å². The molecule has 0 saturated carbocycles. The van der Waals surface area contributed by atoms with E-state index in [1.54, 1.807) is 19.1 Å². The molecule has 1 N–H and O–H groups in total. The Morgan fingerprint density at radius 1 is 1.37 bits per heavy atom. The van der Waals surface area contributed by atoms with E-state index < -0.39 is 0 Å². The summed E-state index contributed by atoms with van der Waals surface area (Å²) in [5.74, 6) is 0.383. The van der Waals surface area contributed by atoms with Gasteiger partial charge in [-0.25, -0.2) is 4.39 Å². The van der Waals surface area contributed by atoms with Crippen LogP contribution in [0.3, 0.4) is 0 Å². The number of carbonyl (C=O) groups is 1. The quantitative estimate of drug-likeness (QED) is 0.885. The number of halogens is 1. The lowest BCUT2D eigenvalue weighted by Crippen LogP contribution is -2.27. The first-order valence-corrected chi connectivity index (χ1v) is 5.94. The van der Waals surface area contributed by atoms with Crippen LogP contribution in [0.2, 0.25) is 0 Å². The molecule has 1 amide bonds. The smallest absolute Gasteiger partial charge is 0.227 e. The van der Waals surface area contributed by atoms with Crippen LogP contribution in [0.4, 0.5) is 4.39 Å². The average molecular weight is 263 g/mol. The normalized spacial score (nSPS) is 10.4. The molecule has 1 aromatic heterocycles. The van der Waals surface area contributed by atoms with Crippen molar-refractivity contribution in [1.29, 1.82) is 0 Å². The number of hydrogen-bond acceptors (Lipinski definition) is 4. The van der Waals surface area contributed by atoms with Crippen LogP contribution in [-0.4, -0.2) is 22.6 Å². The minimum absolute atomic E-state index is 0.0980. The van der Waals surface area contributed by atoms with Crippen LogP contribution in [0.25, 0.3) is 0 Å². The molecule has 1 heterocycles. The molecule has 0 spiro atoms. The number of nitrogens with one attached hydrogen (secondary N) is 1. The summed E-state index contributed by atoms with van der Waals surface area (Å²) in [4.78, 5) is 15.5. The highest BCUT2D eigenvalue weighted by atomic mass is 19.1. The maximum atomic E-state index is 12.7. The Morgan fingerprint density at radius 2 is 2.11 bits per heavy atom. The molecule has 0 bridgehead atoms. The Balaban J connectivity index is 1.73. The van der Waals surface area contributed by atoms with E-state index in [9.17, 15) is 9.18 Å². The zero-order valence-electron chi connectivity index (χ0n) is 10.5. The Kier molecular flexibility index (Phi) is 4.22. The Labute approximate surface area is 109 Å². The summed E-state index contributed by atoms with van der Waals surface area (Å²) in [5.41, 5.74) is 0.970. The van der Waals surface area contributed by atoms with E-state index in [0.29, 0.717) is 24.7 Å². The van der Waals surface area contributed by atoms with Crippen molar-refractivity contribution in [3.63, 3.8) is 0 Å². The van der Waals surface area contributed by atoms with Gasteiger partial charge < -0.3 is 9.84 Å². The predicted octanol–water partition coefficient (Wildman–Crippen LogP) is 1.42. The first-order valence-electron chi connectivity index (χ1n) is 5.94. The van der Waals surface area contributed by atoms with Crippen LogP contribution in [0.15, 0.2) is 28.8 Å². The fourth-order valence-corrected chi connectivity index (χ4v) is 1.62. The van der Waals surface area contributed by atoms with Gasteiger partial charge in [-0.05, 0) is 24.1 Å². The minimum atomic E-state index is -0.264. The Bertz CT molecular complexity index is 551. The molecule has 0 unspecified atom stereocenters. The third kappa shape index (κ3) is 4.17. The third-order valence-corrected chi connectivity index (χ3v) is 2.54. The lowest BCUT2D eigenvalue weighted by Gasteiger charge is -2.03. The summed E-state index contributed by atoms with van der Waals surface area (Å²) in [7, 11) is 0. The second-order valence-electron chi connectivity index (χ2n) is 4.13. The number of aromatic nitrogens is 2. The summed E-state index contributed by atoms with van der Waals surface area (Å²) < 4.78 is 17.5. The minimum Gasteiger partial charge on any atom is -0.355 e. The molecule has 6 heteroatoms. The van der Waals surface area contributed by atoms with Gasteiger partial charge in [0.15, 0.2) is 5.82 Å². The van der Waals surface area contributed by atoms with Crippen LogP contribution >= 0.6 is 0 Å². The number of aryl methyl sites for hydroxylation is 1. The van der Waals surface area contributed by atoms with Crippen molar-refractivity contribution in [1.82, 2.24) is 15.5 Å². The molecule has 0 aliphatic carbocycles. The number of carbonyl (C=O) groups excluding carboxylic acids is 1. The molecule has 19 heavy (non-hydrogen) atoms. The molecule has 0 fully saturated rings. The molecular formula is C13H14FN3O2. The summed E-state index contributed by atoms with van der Waals surface area (Å²) in [5, 5.41) is 6.39. The van der Waals surface area contributed by atoms with Gasteiger partial charge in [-0.1, -0.05) is 17.3 Å². The Morgan fingerprint density at radius 3 is 2.74 bits per heavy atom. The van der Waals surface area contributed by atoms with Crippen LogP contribution < -0.4 is 5.32 Å². The maximum absolute atomic E-state index is 12.7. The van der Waals surface area contributed by atoms with Gasteiger partial charge in [0, 0.05) is 13.5 Å². The zero-order valence-corrected chi connectivity index (χ0v) is 10.5. The highest BCUT2D eigenvalue weighted by molar-refractivity contribution is 5.77. The van der Waals surface area contributed by atoms with Gasteiger partial charge >= 0.3 is 0 Å². The highest BCUT2D eigenvalue weighted by Gasteiger charge is 2.08. The number of nitrogens with zero attached hydrogens (tertiary/aromatic N) is 2. The van der Waals surface area contributed by atoms with Crippen molar-refractivity contribution >= 4 is 5.91 Å². The van der Waals surface area contributed by atoms with Crippen LogP contribution in [0.5, 0.6) is 0 Å². The van der Waals surface area contributed by atoms with E-state index >= 15 is 0 Å². The molecule has 1 aromatic carbocycles. The summed E-state index contributed by atoms with van der Waals surface area (Å²) in [6, 6.07) is 6.20. The number of benzene rings is 1. The summed E-state index contributed by atoms with van der Waals surface area (Å²) in [6.45, 7) is 2.16. The monoisotopic (exact) mass is 263 g/mol. The zero-order chi connectivity index (χ0) is 13.7. The van der Waals surface area contributed by atoms with Crippen molar-refractivity contribution in [2.75, 3.05) is 6.54 Å². The largest absolute Gasteiger partial charge is 0.355 e. The lowest BCUT2D eigenvalue weighted by molar-refractivity contribution is -0.120. The molecule has 0 saturated heterocycles. The SMILES string of the molecule is Cc1nc(CC(=O)NCCc2ccc(F)cc2)no1. The standard InChI is InChI=1S/C13H14FN3O2/c1-9-16-12(17-19-9)8-13(18)15-7-6-10-2-4-11(14)5-3-10/h2-5H,6-8H2,1H3,(H,15,18). The van der Waals surface area contributed by atoms with Gasteiger partial charge in [0.1, 0.15) is 5.82 Å². The fraction of sp³-hybridized carbons (Fsp3) is 0.308. The van der Waals surface area contributed by atoms with Gasteiger partial charge in [-0.15, -0.1) is 0 Å². The van der Waals surface area contributed by atoms with Crippen molar-refractivity contribution in [3.05, 3.63) is 47.4 Å². The molecule has 0 aliphatic heterocycles. The van der Waals surface area contributed by atoms with Crippen LogP contribution in [-0.2, 0) is 17.6 Å². The second kappa shape index (κ2) is 6.08. The number of amides is 1. The van der Waals surface area contributed by atoms with Crippen molar-refractivity contribution in [3.8, 4) is 0 Å². The lowest BCUT2D eigenvalue weighted by atomic mass is 10.1. The summed E-state index contributed by atoms with van der Waals surface area (Å²) >= 11 is 0. The highest BCUT2D eigenvalue weighted by Crippen LogP contribution is 2.03. The van der Waals surface area contributed by atoms with Crippen molar-refractivity contribution < 1.29 is 13.7 Å². The van der Waals surface area contributed by atoms with Crippen molar-refractivity contribution in [2.45, 2.75) is 19.8 Å². The van der Waals surface area contributed by atoms with E-state index in [0.717, 1.165) is 5.56 Å². The molecule has 5 nitrogen and oxygen atoms in total. The average Bonchev–Trinajstić information content (AvgIpc) is 2.77. The molecule has 2 aromatic rings. The van der Waals surface area contributed by atoms with E-state index in [2.05, 4.69) is 15.5 Å². The second-order valence-corrected chi connectivity index (χ2v) is 4.13. The van der Waals surface area contributed by atoms with Gasteiger partial charge in [-0.2, -0.15) is 4.98 Å². The van der Waals surface area contributed by atoms with E-state index in [4.69, 9.17) is 4.52 Å². The predicted molar refractivity (Wildman–Crippen MR) is 65.9 cm³/mol. The van der Waals surface area contributed by atoms with E-state index in [1.807, 2.05) is 0 Å². The first kappa shape index (κ1) is 13.2. The fourth-order valence-electron chi connectivity index (χ4n) is 1.62. The van der Waals surface area contributed by atoms with Gasteiger partial charge in [0.05, 0.1) is 6.42 Å². The molecule has 0 radical (unpaired) electrons. The molecular weight excluding hydrogens is 249 g/mol. The van der Waals surface area contributed by atoms with E-state index in [1.165, 1.54) is 12.1 Å². The third-order valence-electron chi connectivity index (χ3n) is 2.54. The molecule has 0 atom stereocenters. The van der Waals surface area contributed by atoms with Gasteiger partial charge in [0.2, 0.25) is 11.8 Å². The van der Waals surface area contributed by atoms with Gasteiger partial charge in [-0.3, -0.25) is 4.79 Å². The van der Waals surface area contributed by atoms with Crippen LogP contribution in [0.1, 0.15) is 17.3 Å². The number of hydrogen-bond donors (Lipinski definition) is 1. The maximum Gasteiger partial charge on any atom is 0.227 e. The summed E-state index contributed by atoms with van der Waals surface area (Å²) in [6.07, 6.45) is 0.748. The van der Waals surface area contributed by atoms with Crippen LogP contribution in [0, 0.1) is 12.7 Å².